The lowest BCUT2D eigenvalue weighted by atomic mass is 10.1. The molecule has 0 radical (unpaired) electrons. The minimum absolute atomic E-state index is 0.0737. The number of sulfonamides is 1. The predicted molar refractivity (Wildman–Crippen MR) is 107 cm³/mol. The van der Waals surface area contributed by atoms with Crippen molar-refractivity contribution < 1.29 is 12.8 Å². The van der Waals surface area contributed by atoms with Crippen LogP contribution in [0.25, 0.3) is 0 Å². The molecule has 0 spiro atoms. The summed E-state index contributed by atoms with van der Waals surface area (Å²) in [5, 5.41) is 0. The third-order valence-corrected chi connectivity index (χ3v) is 7.00. The van der Waals surface area contributed by atoms with E-state index in [0.717, 1.165) is 49.2 Å². The fourth-order valence-corrected chi connectivity index (χ4v) is 5.07. The zero-order valence-electron chi connectivity index (χ0n) is 15.8. The van der Waals surface area contributed by atoms with Crippen molar-refractivity contribution in [1.82, 2.24) is 9.21 Å². The molecule has 4 nitrogen and oxygen atoms in total. The van der Waals surface area contributed by atoms with Gasteiger partial charge < -0.3 is 4.90 Å². The summed E-state index contributed by atoms with van der Waals surface area (Å²) in [4.78, 5) is 2.31. The van der Waals surface area contributed by atoms with Gasteiger partial charge in [0, 0.05) is 26.2 Å². The Hall–Kier alpha value is -1.76. The molecular weight excluding hydrogens is 363 g/mol. The molecule has 146 valence electrons. The lowest BCUT2D eigenvalue weighted by Crippen LogP contribution is -2.49. The number of nitrogens with zero attached hydrogens (tertiary/aromatic N) is 2. The fraction of sp³-hybridized carbons (Fsp3) is 0.429. The molecule has 1 aliphatic heterocycles. The van der Waals surface area contributed by atoms with E-state index < -0.39 is 10.0 Å². The van der Waals surface area contributed by atoms with Crippen LogP contribution >= 0.6 is 0 Å². The SMILES string of the molecule is Cc1ccccc1CS(=O)(=O)N1CCN(CCCc2ccc(F)cc2)CC1. The third kappa shape index (κ3) is 5.61. The molecule has 0 atom stereocenters. The van der Waals surface area contributed by atoms with Crippen molar-refractivity contribution in [1.29, 1.82) is 0 Å². The van der Waals surface area contributed by atoms with Crippen LogP contribution in [0.5, 0.6) is 0 Å². The summed E-state index contributed by atoms with van der Waals surface area (Å²) < 4.78 is 40.0. The average molecular weight is 391 g/mol. The molecule has 1 saturated heterocycles. The van der Waals surface area contributed by atoms with Crippen LogP contribution in [0.15, 0.2) is 48.5 Å². The molecule has 1 heterocycles. The van der Waals surface area contributed by atoms with Crippen molar-refractivity contribution in [3.05, 3.63) is 71.0 Å². The molecule has 0 amide bonds. The van der Waals surface area contributed by atoms with Crippen molar-refractivity contribution in [3.8, 4) is 0 Å². The Morgan fingerprint density at radius 1 is 0.963 bits per heavy atom. The van der Waals surface area contributed by atoms with Crippen molar-refractivity contribution in [3.63, 3.8) is 0 Å². The number of benzene rings is 2. The normalized spacial score (nSPS) is 16.5. The molecule has 0 bridgehead atoms. The minimum atomic E-state index is -3.28. The number of hydrogen-bond acceptors (Lipinski definition) is 3. The largest absolute Gasteiger partial charge is 0.301 e. The molecule has 3 rings (SSSR count). The molecule has 0 aliphatic carbocycles. The summed E-state index contributed by atoms with van der Waals surface area (Å²) >= 11 is 0. The first-order valence-electron chi connectivity index (χ1n) is 9.43. The lowest BCUT2D eigenvalue weighted by molar-refractivity contribution is 0.186. The van der Waals surface area contributed by atoms with Crippen LogP contribution in [0.1, 0.15) is 23.1 Å². The molecule has 0 saturated carbocycles. The first-order chi connectivity index (χ1) is 12.9. The number of rotatable bonds is 7. The summed E-state index contributed by atoms with van der Waals surface area (Å²) in [6.45, 7) is 5.50. The van der Waals surface area contributed by atoms with Gasteiger partial charge in [-0.05, 0) is 55.1 Å². The van der Waals surface area contributed by atoms with Gasteiger partial charge >= 0.3 is 0 Å². The van der Waals surface area contributed by atoms with Crippen molar-refractivity contribution in [2.24, 2.45) is 0 Å². The minimum Gasteiger partial charge on any atom is -0.301 e. The van der Waals surface area contributed by atoms with Gasteiger partial charge in [-0.3, -0.25) is 0 Å². The Morgan fingerprint density at radius 2 is 1.63 bits per heavy atom. The van der Waals surface area contributed by atoms with E-state index >= 15 is 0 Å². The predicted octanol–water partition coefficient (Wildman–Crippen LogP) is 3.21. The van der Waals surface area contributed by atoms with Gasteiger partial charge in [0.1, 0.15) is 5.82 Å². The van der Waals surface area contributed by atoms with Gasteiger partial charge in [0.2, 0.25) is 10.0 Å². The van der Waals surface area contributed by atoms with E-state index in [1.165, 1.54) is 12.1 Å². The van der Waals surface area contributed by atoms with Crippen LogP contribution in [-0.2, 0) is 22.2 Å². The summed E-state index contributed by atoms with van der Waals surface area (Å²) in [7, 11) is -3.28. The Labute approximate surface area is 161 Å². The molecule has 1 fully saturated rings. The highest BCUT2D eigenvalue weighted by Crippen LogP contribution is 2.16. The van der Waals surface area contributed by atoms with E-state index in [-0.39, 0.29) is 11.6 Å². The van der Waals surface area contributed by atoms with Crippen molar-refractivity contribution in [2.75, 3.05) is 32.7 Å². The standard InChI is InChI=1S/C21H27FN2O2S/c1-18-5-2-3-7-20(18)17-27(25,26)24-15-13-23(14-16-24)12-4-6-19-8-10-21(22)11-9-19/h2-3,5,7-11H,4,6,12-17H2,1H3. The zero-order valence-corrected chi connectivity index (χ0v) is 16.6. The maximum absolute atomic E-state index is 12.9. The summed E-state index contributed by atoms with van der Waals surface area (Å²) in [6.07, 6.45) is 1.90. The monoisotopic (exact) mass is 390 g/mol. The van der Waals surface area contributed by atoms with Crippen LogP contribution in [0, 0.1) is 12.7 Å². The first-order valence-corrected chi connectivity index (χ1v) is 11.0. The zero-order chi connectivity index (χ0) is 19.3. The van der Waals surface area contributed by atoms with E-state index in [9.17, 15) is 12.8 Å². The van der Waals surface area contributed by atoms with Crippen LogP contribution < -0.4 is 0 Å². The third-order valence-electron chi connectivity index (χ3n) is 5.18. The molecule has 0 N–H and O–H groups in total. The molecular formula is C21H27FN2O2S. The lowest BCUT2D eigenvalue weighted by Gasteiger charge is -2.34. The Bertz CT molecular complexity index is 845. The topological polar surface area (TPSA) is 40.6 Å². The molecule has 0 aromatic heterocycles. The van der Waals surface area contributed by atoms with E-state index in [1.54, 1.807) is 4.31 Å². The van der Waals surface area contributed by atoms with E-state index in [2.05, 4.69) is 4.90 Å². The van der Waals surface area contributed by atoms with Crippen LogP contribution in [0.4, 0.5) is 4.39 Å². The summed E-state index contributed by atoms with van der Waals surface area (Å²) in [5.74, 6) is -0.133. The highest BCUT2D eigenvalue weighted by atomic mass is 32.2. The second kappa shape index (κ2) is 8.95. The molecule has 27 heavy (non-hydrogen) atoms. The van der Waals surface area contributed by atoms with Gasteiger partial charge in [-0.1, -0.05) is 36.4 Å². The molecule has 1 aliphatic rings. The number of halogens is 1. The van der Waals surface area contributed by atoms with Crippen molar-refractivity contribution in [2.45, 2.75) is 25.5 Å². The van der Waals surface area contributed by atoms with E-state index in [1.807, 2.05) is 43.3 Å². The maximum Gasteiger partial charge on any atom is 0.218 e. The van der Waals surface area contributed by atoms with E-state index in [4.69, 9.17) is 0 Å². The summed E-state index contributed by atoms with van der Waals surface area (Å²) in [6, 6.07) is 14.3. The van der Waals surface area contributed by atoms with Gasteiger partial charge in [-0.25, -0.2) is 12.8 Å². The van der Waals surface area contributed by atoms with Gasteiger partial charge in [0.05, 0.1) is 5.75 Å². The van der Waals surface area contributed by atoms with Gasteiger partial charge in [-0.15, -0.1) is 0 Å². The first kappa shape index (κ1) is 20.0. The van der Waals surface area contributed by atoms with Gasteiger partial charge in [0.15, 0.2) is 0 Å². The summed E-state index contributed by atoms with van der Waals surface area (Å²) in [5.41, 5.74) is 3.02. The number of piperazine rings is 1. The highest BCUT2D eigenvalue weighted by Gasteiger charge is 2.27. The Morgan fingerprint density at radius 3 is 2.30 bits per heavy atom. The fourth-order valence-electron chi connectivity index (χ4n) is 3.45. The molecule has 2 aromatic carbocycles. The Kier molecular flexibility index (Phi) is 6.63. The van der Waals surface area contributed by atoms with Crippen LogP contribution in [0.3, 0.4) is 0 Å². The van der Waals surface area contributed by atoms with Gasteiger partial charge in [0.25, 0.3) is 0 Å². The van der Waals surface area contributed by atoms with Crippen LogP contribution in [0.2, 0.25) is 0 Å². The van der Waals surface area contributed by atoms with Crippen LogP contribution in [-0.4, -0.2) is 50.3 Å². The maximum atomic E-state index is 12.9. The second-order valence-electron chi connectivity index (χ2n) is 7.15. The number of aryl methyl sites for hydroxylation is 2. The average Bonchev–Trinajstić information content (AvgIpc) is 2.66. The Balaban J connectivity index is 1.45. The van der Waals surface area contributed by atoms with Gasteiger partial charge in [-0.2, -0.15) is 4.31 Å². The quantitative estimate of drug-likeness (QED) is 0.729. The van der Waals surface area contributed by atoms with E-state index in [0.29, 0.717) is 13.1 Å². The second-order valence-corrected chi connectivity index (χ2v) is 9.12. The molecule has 6 heteroatoms. The van der Waals surface area contributed by atoms with Crippen molar-refractivity contribution >= 4 is 10.0 Å². The number of hydrogen-bond donors (Lipinski definition) is 0. The highest BCUT2D eigenvalue weighted by molar-refractivity contribution is 7.88. The molecule has 2 aromatic rings. The molecule has 0 unspecified atom stereocenters. The smallest absolute Gasteiger partial charge is 0.218 e.